The van der Waals surface area contributed by atoms with Crippen LogP contribution in [0.2, 0.25) is 0 Å². The van der Waals surface area contributed by atoms with Gasteiger partial charge in [0.15, 0.2) is 0 Å². The smallest absolute Gasteiger partial charge is 0.374 e. The van der Waals surface area contributed by atoms with Crippen LogP contribution in [0.15, 0.2) is 16.7 Å². The lowest BCUT2D eigenvalue weighted by molar-refractivity contribution is 0.0561. The molecule has 17 heavy (non-hydrogen) atoms. The molecular formula is C12H17NO4. The highest BCUT2D eigenvalue weighted by Crippen LogP contribution is 2.13. The van der Waals surface area contributed by atoms with Crippen LogP contribution in [0.3, 0.4) is 0 Å². The molecule has 1 fully saturated rings. The molecule has 0 amide bonds. The van der Waals surface area contributed by atoms with Gasteiger partial charge in [0.1, 0.15) is 0 Å². The van der Waals surface area contributed by atoms with Crippen LogP contribution in [-0.2, 0) is 16.0 Å². The second kappa shape index (κ2) is 5.84. The summed E-state index contributed by atoms with van der Waals surface area (Å²) >= 11 is 0. The molecule has 1 aromatic heterocycles. The Labute approximate surface area is 100 Å². The first-order valence-corrected chi connectivity index (χ1v) is 5.77. The van der Waals surface area contributed by atoms with Gasteiger partial charge in [-0.15, -0.1) is 0 Å². The summed E-state index contributed by atoms with van der Waals surface area (Å²) in [5.41, 5.74) is 0.822. The third kappa shape index (κ3) is 3.08. The molecule has 94 valence electrons. The van der Waals surface area contributed by atoms with Gasteiger partial charge in [0, 0.05) is 24.8 Å². The molecule has 0 spiro atoms. The number of esters is 1. The molecule has 1 aliphatic rings. The summed E-state index contributed by atoms with van der Waals surface area (Å²) in [7, 11) is 1.34. The summed E-state index contributed by atoms with van der Waals surface area (Å²) in [5, 5.41) is 3.35. The number of methoxy groups -OCH3 is 1. The van der Waals surface area contributed by atoms with Crippen molar-refractivity contribution in [2.45, 2.75) is 25.4 Å². The molecule has 1 atom stereocenters. The number of hydrogen-bond donors (Lipinski definition) is 1. The molecule has 5 heteroatoms. The number of carbonyl (C=O) groups excluding carboxylic acids is 1. The van der Waals surface area contributed by atoms with Gasteiger partial charge in [-0.1, -0.05) is 0 Å². The largest absolute Gasteiger partial charge is 0.463 e. The van der Waals surface area contributed by atoms with E-state index in [2.05, 4.69) is 10.1 Å². The highest BCUT2D eigenvalue weighted by Gasteiger charge is 2.18. The zero-order valence-electron chi connectivity index (χ0n) is 9.90. The fraction of sp³-hybridized carbons (Fsp3) is 0.583. The Kier molecular flexibility index (Phi) is 4.17. The van der Waals surface area contributed by atoms with Crippen molar-refractivity contribution in [3.05, 3.63) is 23.7 Å². The number of hydrogen-bond acceptors (Lipinski definition) is 5. The fourth-order valence-corrected chi connectivity index (χ4v) is 1.90. The monoisotopic (exact) mass is 239 g/mol. The van der Waals surface area contributed by atoms with Crippen molar-refractivity contribution in [2.24, 2.45) is 0 Å². The number of furan rings is 1. The summed E-state index contributed by atoms with van der Waals surface area (Å²) in [5.74, 6) is -0.163. The Balaban J connectivity index is 1.89. The maximum Gasteiger partial charge on any atom is 0.374 e. The molecule has 1 unspecified atom stereocenters. The van der Waals surface area contributed by atoms with E-state index in [-0.39, 0.29) is 5.76 Å². The molecule has 1 aliphatic heterocycles. The van der Waals surface area contributed by atoms with Gasteiger partial charge in [0.05, 0.1) is 20.0 Å². The molecular weight excluding hydrogens is 222 g/mol. The highest BCUT2D eigenvalue weighted by atomic mass is 16.5. The molecule has 5 nitrogen and oxygen atoms in total. The molecule has 2 heterocycles. The number of rotatable bonds is 4. The van der Waals surface area contributed by atoms with E-state index in [0.717, 1.165) is 31.6 Å². The van der Waals surface area contributed by atoms with Gasteiger partial charge in [-0.2, -0.15) is 0 Å². The van der Waals surface area contributed by atoms with Crippen molar-refractivity contribution >= 4 is 5.97 Å². The van der Waals surface area contributed by atoms with Gasteiger partial charge in [-0.25, -0.2) is 4.79 Å². The topological polar surface area (TPSA) is 60.7 Å². The molecule has 0 saturated carbocycles. The Hall–Kier alpha value is -1.33. The van der Waals surface area contributed by atoms with E-state index in [4.69, 9.17) is 9.15 Å². The van der Waals surface area contributed by atoms with Gasteiger partial charge in [0.2, 0.25) is 5.76 Å². The second-order valence-electron chi connectivity index (χ2n) is 4.06. The summed E-state index contributed by atoms with van der Waals surface area (Å²) in [6.45, 7) is 2.16. The van der Waals surface area contributed by atoms with Crippen LogP contribution in [-0.4, -0.2) is 32.3 Å². The Morgan fingerprint density at radius 3 is 3.24 bits per heavy atom. The first-order valence-electron chi connectivity index (χ1n) is 5.77. The van der Waals surface area contributed by atoms with Crippen LogP contribution in [0.1, 0.15) is 29.0 Å². The zero-order valence-corrected chi connectivity index (χ0v) is 9.90. The quantitative estimate of drug-likeness (QED) is 0.803. The van der Waals surface area contributed by atoms with E-state index >= 15 is 0 Å². The summed E-state index contributed by atoms with van der Waals surface area (Å²) in [4.78, 5) is 11.4. The maximum atomic E-state index is 11.4. The van der Waals surface area contributed by atoms with E-state index in [1.165, 1.54) is 13.4 Å². The fourth-order valence-electron chi connectivity index (χ4n) is 1.90. The standard InChI is InChI=1S/C12H17NO4/c1-15-12(14)11-9(4-6-17-11)7-13-10-3-2-5-16-8-10/h4,6,10,13H,2-3,5,7-8H2,1H3. The molecule has 2 rings (SSSR count). The van der Waals surface area contributed by atoms with Crippen molar-refractivity contribution in [3.8, 4) is 0 Å². The molecule has 0 bridgehead atoms. The van der Waals surface area contributed by atoms with Crippen molar-refractivity contribution in [1.29, 1.82) is 0 Å². The van der Waals surface area contributed by atoms with Gasteiger partial charge in [-0.3, -0.25) is 0 Å². The highest BCUT2D eigenvalue weighted by molar-refractivity contribution is 5.87. The predicted octanol–water partition coefficient (Wildman–Crippen LogP) is 1.33. The van der Waals surface area contributed by atoms with E-state index < -0.39 is 5.97 Å². The molecule has 1 aromatic rings. The average Bonchev–Trinajstić information content (AvgIpc) is 2.85. The molecule has 0 aromatic carbocycles. The van der Waals surface area contributed by atoms with Crippen LogP contribution >= 0.6 is 0 Å². The summed E-state index contributed by atoms with van der Waals surface area (Å²) in [6, 6.07) is 2.13. The Morgan fingerprint density at radius 1 is 1.65 bits per heavy atom. The normalized spacial score (nSPS) is 20.2. The second-order valence-corrected chi connectivity index (χ2v) is 4.06. The molecule has 0 aliphatic carbocycles. The van der Waals surface area contributed by atoms with Crippen molar-refractivity contribution in [2.75, 3.05) is 20.3 Å². The molecule has 1 saturated heterocycles. The summed E-state index contributed by atoms with van der Waals surface area (Å²) in [6.07, 6.45) is 3.68. The molecule has 1 N–H and O–H groups in total. The Bertz CT molecular complexity index is 368. The average molecular weight is 239 g/mol. The lowest BCUT2D eigenvalue weighted by atomic mass is 10.1. The van der Waals surface area contributed by atoms with Crippen LogP contribution < -0.4 is 5.32 Å². The van der Waals surface area contributed by atoms with E-state index in [9.17, 15) is 4.79 Å². The van der Waals surface area contributed by atoms with Crippen LogP contribution in [0.25, 0.3) is 0 Å². The minimum atomic E-state index is -0.438. The third-order valence-electron chi connectivity index (χ3n) is 2.86. The lowest BCUT2D eigenvalue weighted by Gasteiger charge is -2.23. The van der Waals surface area contributed by atoms with Gasteiger partial charge in [0.25, 0.3) is 0 Å². The van der Waals surface area contributed by atoms with E-state index in [1.54, 1.807) is 6.07 Å². The summed E-state index contributed by atoms with van der Waals surface area (Å²) < 4.78 is 15.1. The van der Waals surface area contributed by atoms with Crippen molar-refractivity contribution in [3.63, 3.8) is 0 Å². The van der Waals surface area contributed by atoms with Crippen LogP contribution in [0.4, 0.5) is 0 Å². The first kappa shape index (κ1) is 12.1. The van der Waals surface area contributed by atoms with Crippen molar-refractivity contribution in [1.82, 2.24) is 5.32 Å². The minimum absolute atomic E-state index is 0.275. The van der Waals surface area contributed by atoms with Crippen molar-refractivity contribution < 1.29 is 18.7 Å². The van der Waals surface area contributed by atoms with E-state index in [1.807, 2.05) is 0 Å². The Morgan fingerprint density at radius 2 is 2.53 bits per heavy atom. The number of ether oxygens (including phenoxy) is 2. The number of nitrogens with one attached hydrogen (secondary N) is 1. The van der Waals surface area contributed by atoms with Crippen LogP contribution in [0, 0.1) is 0 Å². The third-order valence-corrected chi connectivity index (χ3v) is 2.86. The lowest BCUT2D eigenvalue weighted by Crippen LogP contribution is -2.36. The van der Waals surface area contributed by atoms with Crippen LogP contribution in [0.5, 0.6) is 0 Å². The predicted molar refractivity (Wildman–Crippen MR) is 60.7 cm³/mol. The van der Waals surface area contributed by atoms with Gasteiger partial charge < -0.3 is 19.2 Å². The maximum absolute atomic E-state index is 11.4. The van der Waals surface area contributed by atoms with Gasteiger partial charge in [-0.05, 0) is 18.9 Å². The SMILES string of the molecule is COC(=O)c1occc1CNC1CCCOC1. The van der Waals surface area contributed by atoms with Gasteiger partial charge >= 0.3 is 5.97 Å². The van der Waals surface area contributed by atoms with E-state index in [0.29, 0.717) is 12.6 Å². The number of carbonyl (C=O) groups is 1. The molecule has 0 radical (unpaired) electrons. The minimum Gasteiger partial charge on any atom is -0.463 e. The first-order chi connectivity index (χ1) is 8.31. The zero-order chi connectivity index (χ0) is 12.1.